The topological polar surface area (TPSA) is 67.8 Å². The van der Waals surface area contributed by atoms with Gasteiger partial charge in [-0.3, -0.25) is 4.79 Å². The molecule has 8 heteroatoms. The minimum Gasteiger partial charge on any atom is -0.320 e. The first-order valence-electron chi connectivity index (χ1n) is 4.68. The number of amides is 1. The van der Waals surface area contributed by atoms with Gasteiger partial charge < -0.3 is 5.32 Å². The van der Waals surface area contributed by atoms with Crippen LogP contribution in [0.4, 0.5) is 5.69 Å². The Morgan fingerprint density at radius 2 is 2.11 bits per heavy atom. The van der Waals surface area contributed by atoms with Crippen LogP contribution in [0.5, 0.6) is 0 Å². The number of rotatable bonds is 2. The Morgan fingerprint density at radius 1 is 1.33 bits per heavy atom. The summed E-state index contributed by atoms with van der Waals surface area (Å²) in [6.45, 7) is 0. The molecule has 0 radical (unpaired) electrons. The van der Waals surface area contributed by atoms with Crippen LogP contribution >= 0.6 is 39.1 Å². The summed E-state index contributed by atoms with van der Waals surface area (Å²) in [5.74, 6) is -0.439. The highest BCUT2D eigenvalue weighted by Crippen LogP contribution is 2.21. The van der Waals surface area contributed by atoms with Gasteiger partial charge in [0.2, 0.25) is 0 Å². The van der Waals surface area contributed by atoms with Gasteiger partial charge in [-0.05, 0) is 34.1 Å². The Hall–Kier alpha value is -1.24. The Kier molecular flexibility index (Phi) is 4.11. The lowest BCUT2D eigenvalue weighted by Crippen LogP contribution is -2.14. The Morgan fingerprint density at radius 3 is 2.83 bits per heavy atom. The maximum Gasteiger partial charge on any atom is 0.259 e. The molecule has 2 rings (SSSR count). The van der Waals surface area contributed by atoms with Crippen molar-refractivity contribution in [1.82, 2.24) is 15.2 Å². The van der Waals surface area contributed by atoms with E-state index in [0.717, 1.165) is 0 Å². The molecule has 5 nitrogen and oxygen atoms in total. The minimum atomic E-state index is -0.439. The first-order chi connectivity index (χ1) is 8.58. The van der Waals surface area contributed by atoms with Crippen LogP contribution in [0, 0.1) is 0 Å². The van der Waals surface area contributed by atoms with Crippen molar-refractivity contribution in [3.63, 3.8) is 0 Å². The third kappa shape index (κ3) is 2.95. The molecule has 92 valence electrons. The normalized spacial score (nSPS) is 10.2. The van der Waals surface area contributed by atoms with Crippen LogP contribution in [0.25, 0.3) is 0 Å². The van der Waals surface area contributed by atoms with Crippen molar-refractivity contribution in [2.24, 2.45) is 0 Å². The molecule has 0 bridgehead atoms. The highest BCUT2D eigenvalue weighted by molar-refractivity contribution is 9.10. The molecular formula is C10H5BrCl2N4O. The average molecular weight is 348 g/mol. The van der Waals surface area contributed by atoms with Crippen molar-refractivity contribution in [3.8, 4) is 0 Å². The molecule has 0 spiro atoms. The van der Waals surface area contributed by atoms with E-state index < -0.39 is 5.91 Å². The fourth-order valence-electron chi connectivity index (χ4n) is 1.18. The lowest BCUT2D eigenvalue weighted by molar-refractivity contribution is 0.102. The van der Waals surface area contributed by atoms with Gasteiger partial charge in [0.05, 0.1) is 11.3 Å². The van der Waals surface area contributed by atoms with E-state index in [2.05, 4.69) is 36.4 Å². The van der Waals surface area contributed by atoms with Gasteiger partial charge in [0.1, 0.15) is 4.60 Å². The summed E-state index contributed by atoms with van der Waals surface area (Å²) in [6, 6.07) is 4.73. The van der Waals surface area contributed by atoms with Crippen molar-refractivity contribution in [2.45, 2.75) is 0 Å². The predicted molar refractivity (Wildman–Crippen MR) is 71.9 cm³/mol. The zero-order valence-corrected chi connectivity index (χ0v) is 11.8. The van der Waals surface area contributed by atoms with E-state index in [-0.39, 0.29) is 15.9 Å². The summed E-state index contributed by atoms with van der Waals surface area (Å²) in [4.78, 5) is 15.9. The second-order valence-corrected chi connectivity index (χ2v) is 4.66. The first kappa shape index (κ1) is 13.2. The largest absolute Gasteiger partial charge is 0.320 e. The van der Waals surface area contributed by atoms with Crippen LogP contribution in [-0.2, 0) is 0 Å². The third-order valence-corrected chi connectivity index (χ3v) is 3.07. The maximum absolute atomic E-state index is 12.0. The molecule has 0 aliphatic rings. The van der Waals surface area contributed by atoms with Crippen molar-refractivity contribution < 1.29 is 4.79 Å². The molecule has 0 saturated heterocycles. The monoisotopic (exact) mass is 346 g/mol. The van der Waals surface area contributed by atoms with E-state index in [1.807, 2.05) is 0 Å². The average Bonchev–Trinajstić information content (AvgIpc) is 2.35. The van der Waals surface area contributed by atoms with Gasteiger partial charge in [-0.25, -0.2) is 4.98 Å². The fraction of sp³-hybridized carbons (Fsp3) is 0. The molecule has 1 amide bonds. The molecule has 0 unspecified atom stereocenters. The SMILES string of the molecule is O=C(Nc1cccnc1Br)c1cc(Cl)nnc1Cl. The summed E-state index contributed by atoms with van der Waals surface area (Å²) < 4.78 is 0.516. The highest BCUT2D eigenvalue weighted by Gasteiger charge is 2.14. The summed E-state index contributed by atoms with van der Waals surface area (Å²) in [5, 5.41) is 9.80. The molecule has 0 atom stereocenters. The smallest absolute Gasteiger partial charge is 0.259 e. The van der Waals surface area contributed by atoms with Crippen molar-refractivity contribution >= 4 is 50.7 Å². The number of hydrogen-bond acceptors (Lipinski definition) is 4. The molecule has 0 fully saturated rings. The number of hydrogen-bond donors (Lipinski definition) is 1. The second kappa shape index (κ2) is 5.60. The van der Waals surface area contributed by atoms with Crippen LogP contribution < -0.4 is 5.32 Å². The second-order valence-electron chi connectivity index (χ2n) is 3.17. The molecular weight excluding hydrogens is 343 g/mol. The van der Waals surface area contributed by atoms with E-state index in [1.165, 1.54) is 6.07 Å². The number of nitrogens with one attached hydrogen (secondary N) is 1. The molecule has 2 heterocycles. The molecule has 0 aliphatic carbocycles. The standard InChI is InChI=1S/C10H5BrCl2N4O/c11-8-6(2-1-3-14-8)15-10(18)5-4-7(12)16-17-9(5)13/h1-4H,(H,15,18). The van der Waals surface area contributed by atoms with E-state index in [4.69, 9.17) is 23.2 Å². The molecule has 1 N–H and O–H groups in total. The number of aromatic nitrogens is 3. The van der Waals surface area contributed by atoms with E-state index in [1.54, 1.807) is 18.3 Å². The number of carbonyl (C=O) groups is 1. The zero-order valence-electron chi connectivity index (χ0n) is 8.69. The quantitative estimate of drug-likeness (QED) is 0.847. The van der Waals surface area contributed by atoms with Crippen LogP contribution in [0.1, 0.15) is 10.4 Å². The summed E-state index contributed by atoms with van der Waals surface area (Å²) >= 11 is 14.7. The number of halogens is 3. The zero-order chi connectivity index (χ0) is 13.1. The Bertz CT molecular complexity index is 608. The number of carbonyl (C=O) groups excluding carboxylic acids is 1. The van der Waals surface area contributed by atoms with Gasteiger partial charge in [-0.15, -0.1) is 10.2 Å². The highest BCUT2D eigenvalue weighted by atomic mass is 79.9. The number of nitrogens with zero attached hydrogens (tertiary/aromatic N) is 3. The van der Waals surface area contributed by atoms with Gasteiger partial charge in [0.15, 0.2) is 10.3 Å². The lowest BCUT2D eigenvalue weighted by Gasteiger charge is -2.07. The van der Waals surface area contributed by atoms with Gasteiger partial charge in [0, 0.05) is 6.20 Å². The lowest BCUT2D eigenvalue weighted by atomic mass is 10.3. The number of pyridine rings is 1. The molecule has 0 aromatic carbocycles. The van der Waals surface area contributed by atoms with Crippen LogP contribution in [0.15, 0.2) is 29.0 Å². The van der Waals surface area contributed by atoms with Gasteiger partial charge >= 0.3 is 0 Å². The third-order valence-electron chi connectivity index (χ3n) is 1.97. The van der Waals surface area contributed by atoms with E-state index >= 15 is 0 Å². The van der Waals surface area contributed by atoms with Crippen molar-refractivity contribution in [1.29, 1.82) is 0 Å². The molecule has 2 aromatic rings. The number of anilines is 1. The molecule has 0 saturated carbocycles. The van der Waals surface area contributed by atoms with Crippen molar-refractivity contribution in [3.05, 3.63) is 44.9 Å². The summed E-state index contributed by atoms with van der Waals surface area (Å²) in [6.07, 6.45) is 1.59. The minimum absolute atomic E-state index is 0.0167. The van der Waals surface area contributed by atoms with Crippen molar-refractivity contribution in [2.75, 3.05) is 5.32 Å². The van der Waals surface area contributed by atoms with Crippen LogP contribution in [0.3, 0.4) is 0 Å². The molecule has 18 heavy (non-hydrogen) atoms. The van der Waals surface area contributed by atoms with E-state index in [0.29, 0.717) is 10.3 Å². The first-order valence-corrected chi connectivity index (χ1v) is 6.23. The van der Waals surface area contributed by atoms with Gasteiger partial charge in [-0.2, -0.15) is 0 Å². The fourth-order valence-corrected chi connectivity index (χ4v) is 1.86. The predicted octanol–water partition coefficient (Wildman–Crippen LogP) is 3.19. The Balaban J connectivity index is 2.28. The molecule has 2 aromatic heterocycles. The van der Waals surface area contributed by atoms with Crippen LogP contribution in [0.2, 0.25) is 10.3 Å². The van der Waals surface area contributed by atoms with Gasteiger partial charge in [0.25, 0.3) is 5.91 Å². The van der Waals surface area contributed by atoms with E-state index in [9.17, 15) is 4.79 Å². The van der Waals surface area contributed by atoms with Crippen LogP contribution in [-0.4, -0.2) is 21.1 Å². The maximum atomic E-state index is 12.0. The summed E-state index contributed by atoms with van der Waals surface area (Å²) in [7, 11) is 0. The summed E-state index contributed by atoms with van der Waals surface area (Å²) in [5.41, 5.74) is 0.666. The van der Waals surface area contributed by atoms with Gasteiger partial charge in [-0.1, -0.05) is 23.2 Å². The Labute approximate surface area is 121 Å². The molecule has 0 aliphatic heterocycles.